The molecule has 0 amide bonds. The monoisotopic (exact) mass is 765 g/mol. The first-order chi connectivity index (χ1) is 27.7. The van der Waals surface area contributed by atoms with Crippen molar-refractivity contribution in [1.82, 2.24) is 0 Å². The van der Waals surface area contributed by atoms with E-state index in [4.69, 9.17) is 9.98 Å². The maximum absolute atomic E-state index is 4.99. The van der Waals surface area contributed by atoms with Gasteiger partial charge >= 0.3 is 0 Å². The molecule has 314 valence electrons. The standard InChI is InChI=1S/C54H88N2/c1-4-7-10-12-14-16-18-20-22-24-26-28-30-32-34-36-38-50-41-45-52(46-42-50)55-49-54(40-9-6-3)56-53-47-43-51(44-48-53)39-37-35-33-31-29-27-25-23-21-19-17-15-13-11-8-5-2/h36-39,41-49H,4-35,40H2,1-3H3. The Morgan fingerprint density at radius 2 is 0.696 bits per heavy atom. The fraction of sp³-hybridized carbons (Fsp3) is 0.667. The Bertz CT molecular complexity index is 1250. The molecule has 0 unspecified atom stereocenters. The number of rotatable bonds is 38. The van der Waals surface area contributed by atoms with E-state index < -0.39 is 0 Å². The van der Waals surface area contributed by atoms with Crippen LogP contribution < -0.4 is 0 Å². The second kappa shape index (κ2) is 37.8. The maximum Gasteiger partial charge on any atom is 0.0634 e. The molecule has 0 spiro atoms. The van der Waals surface area contributed by atoms with Crippen LogP contribution in [0.3, 0.4) is 0 Å². The summed E-state index contributed by atoms with van der Waals surface area (Å²) in [6, 6.07) is 17.3. The van der Waals surface area contributed by atoms with Crippen LogP contribution in [0, 0.1) is 0 Å². The second-order valence-electron chi connectivity index (χ2n) is 16.7. The van der Waals surface area contributed by atoms with Crippen molar-refractivity contribution in [2.75, 3.05) is 0 Å². The third-order valence-corrected chi connectivity index (χ3v) is 11.3. The fourth-order valence-electron chi connectivity index (χ4n) is 7.51. The maximum atomic E-state index is 4.99. The van der Waals surface area contributed by atoms with Gasteiger partial charge in [0, 0.05) is 6.21 Å². The SMILES string of the molecule is CCCCCCCCCCCCCCCCC=Cc1ccc(N=CC(CCCC)=Nc2ccc(C=CCCCCCCCCCCCCCCCC)cc2)cc1. The van der Waals surface area contributed by atoms with Crippen LogP contribution in [0.4, 0.5) is 11.4 Å². The molecule has 0 heterocycles. The summed E-state index contributed by atoms with van der Waals surface area (Å²) >= 11 is 0. The van der Waals surface area contributed by atoms with E-state index in [0.717, 1.165) is 36.3 Å². The molecule has 0 aliphatic heterocycles. The Labute approximate surface area is 348 Å². The van der Waals surface area contributed by atoms with E-state index in [9.17, 15) is 0 Å². The van der Waals surface area contributed by atoms with Gasteiger partial charge in [0.15, 0.2) is 0 Å². The van der Waals surface area contributed by atoms with Gasteiger partial charge in [-0.15, -0.1) is 0 Å². The zero-order valence-corrected chi connectivity index (χ0v) is 37.2. The van der Waals surface area contributed by atoms with Crippen LogP contribution in [0.25, 0.3) is 12.2 Å². The average molecular weight is 765 g/mol. The minimum absolute atomic E-state index is 0.945. The third-order valence-electron chi connectivity index (χ3n) is 11.3. The number of allylic oxidation sites excluding steroid dienone is 2. The predicted molar refractivity (Wildman–Crippen MR) is 256 cm³/mol. The van der Waals surface area contributed by atoms with Crippen molar-refractivity contribution >= 4 is 35.5 Å². The average Bonchev–Trinajstić information content (AvgIpc) is 3.22. The van der Waals surface area contributed by atoms with Gasteiger partial charge in [-0.2, -0.15) is 0 Å². The Morgan fingerprint density at radius 1 is 0.375 bits per heavy atom. The van der Waals surface area contributed by atoms with Gasteiger partial charge in [0.05, 0.1) is 17.1 Å². The number of nitrogens with zero attached hydrogens (tertiary/aromatic N) is 2. The van der Waals surface area contributed by atoms with Crippen LogP contribution in [-0.2, 0) is 0 Å². The van der Waals surface area contributed by atoms with Crippen molar-refractivity contribution < 1.29 is 0 Å². The van der Waals surface area contributed by atoms with Crippen molar-refractivity contribution in [3.63, 3.8) is 0 Å². The summed E-state index contributed by atoms with van der Waals surface area (Å²) in [7, 11) is 0. The van der Waals surface area contributed by atoms with Crippen LogP contribution in [0.15, 0.2) is 70.7 Å². The van der Waals surface area contributed by atoms with E-state index in [-0.39, 0.29) is 0 Å². The summed E-state index contributed by atoms with van der Waals surface area (Å²) in [5, 5.41) is 0. The Hall–Kier alpha value is -2.74. The molecular weight excluding hydrogens is 677 g/mol. The Kier molecular flexibility index (Phi) is 33.4. The molecule has 2 aromatic rings. The van der Waals surface area contributed by atoms with E-state index in [1.807, 2.05) is 6.21 Å². The molecule has 0 saturated heterocycles. The van der Waals surface area contributed by atoms with Gasteiger partial charge in [-0.05, 0) is 73.9 Å². The van der Waals surface area contributed by atoms with E-state index in [1.54, 1.807) is 0 Å². The number of hydrogen-bond donors (Lipinski definition) is 0. The first-order valence-electron chi connectivity index (χ1n) is 24.4. The minimum atomic E-state index is 0.945. The largest absolute Gasteiger partial charge is 0.255 e. The highest BCUT2D eigenvalue weighted by molar-refractivity contribution is 6.31. The van der Waals surface area contributed by atoms with Gasteiger partial charge in [0.2, 0.25) is 0 Å². The van der Waals surface area contributed by atoms with Crippen molar-refractivity contribution in [2.24, 2.45) is 9.98 Å². The van der Waals surface area contributed by atoms with Crippen molar-refractivity contribution in [3.8, 4) is 0 Å². The van der Waals surface area contributed by atoms with Crippen LogP contribution in [-0.4, -0.2) is 11.9 Å². The van der Waals surface area contributed by atoms with Crippen molar-refractivity contribution in [2.45, 2.75) is 233 Å². The lowest BCUT2D eigenvalue weighted by Crippen LogP contribution is -1.99. The van der Waals surface area contributed by atoms with Crippen LogP contribution in [0.1, 0.15) is 244 Å². The molecule has 2 heteroatoms. The molecule has 2 nitrogen and oxygen atoms in total. The second-order valence-corrected chi connectivity index (χ2v) is 16.7. The molecule has 2 rings (SSSR count). The van der Waals surface area contributed by atoms with Gasteiger partial charge in [-0.25, -0.2) is 0 Å². The Balaban J connectivity index is 1.60. The minimum Gasteiger partial charge on any atom is -0.255 e. The molecule has 0 aromatic heterocycles. The van der Waals surface area contributed by atoms with E-state index in [1.165, 1.54) is 204 Å². The quantitative estimate of drug-likeness (QED) is 0.0481. The van der Waals surface area contributed by atoms with Crippen molar-refractivity contribution in [1.29, 1.82) is 0 Å². The molecule has 0 N–H and O–H groups in total. The number of unbranched alkanes of at least 4 members (excludes halogenated alkanes) is 29. The lowest BCUT2D eigenvalue weighted by atomic mass is 10.0. The molecule has 0 radical (unpaired) electrons. The summed E-state index contributed by atoms with van der Waals surface area (Å²) in [4.78, 5) is 9.80. The first kappa shape index (κ1) is 49.4. The van der Waals surface area contributed by atoms with Crippen LogP contribution in [0.2, 0.25) is 0 Å². The summed E-state index contributed by atoms with van der Waals surface area (Å²) in [5.74, 6) is 0. The van der Waals surface area contributed by atoms with Gasteiger partial charge in [0.25, 0.3) is 0 Å². The van der Waals surface area contributed by atoms with Gasteiger partial charge in [-0.3, -0.25) is 9.98 Å². The van der Waals surface area contributed by atoms with Gasteiger partial charge in [0.1, 0.15) is 0 Å². The smallest absolute Gasteiger partial charge is 0.0634 e. The highest BCUT2D eigenvalue weighted by Gasteiger charge is 2.00. The lowest BCUT2D eigenvalue weighted by Gasteiger charge is -2.03. The molecular formula is C54H88N2. The Morgan fingerprint density at radius 3 is 1.05 bits per heavy atom. The van der Waals surface area contributed by atoms with E-state index in [2.05, 4.69) is 93.6 Å². The molecule has 0 fully saturated rings. The third kappa shape index (κ3) is 29.5. The molecule has 0 aliphatic carbocycles. The normalized spacial score (nSPS) is 12.3. The molecule has 56 heavy (non-hydrogen) atoms. The van der Waals surface area contributed by atoms with Crippen molar-refractivity contribution in [3.05, 3.63) is 71.8 Å². The predicted octanol–water partition coefficient (Wildman–Crippen LogP) is 19.1. The summed E-state index contributed by atoms with van der Waals surface area (Å²) < 4.78 is 0. The summed E-state index contributed by atoms with van der Waals surface area (Å²) in [6.45, 7) is 6.83. The van der Waals surface area contributed by atoms with E-state index in [0.29, 0.717) is 0 Å². The number of benzene rings is 2. The molecule has 2 aromatic carbocycles. The van der Waals surface area contributed by atoms with Gasteiger partial charge in [-0.1, -0.05) is 243 Å². The van der Waals surface area contributed by atoms with Crippen LogP contribution in [0.5, 0.6) is 0 Å². The van der Waals surface area contributed by atoms with Crippen LogP contribution >= 0.6 is 0 Å². The zero-order valence-electron chi connectivity index (χ0n) is 37.2. The zero-order chi connectivity index (χ0) is 39.8. The molecule has 0 aliphatic rings. The lowest BCUT2D eigenvalue weighted by molar-refractivity contribution is 0.536. The van der Waals surface area contributed by atoms with E-state index >= 15 is 0 Å². The summed E-state index contributed by atoms with van der Waals surface area (Å²) in [6.07, 6.45) is 56.4. The fourth-order valence-corrected chi connectivity index (χ4v) is 7.51. The summed E-state index contributed by atoms with van der Waals surface area (Å²) in [5.41, 5.74) is 5.54. The first-order valence-corrected chi connectivity index (χ1v) is 24.4. The number of aliphatic imine (C=N–C) groups is 2. The topological polar surface area (TPSA) is 24.7 Å². The highest BCUT2D eigenvalue weighted by Crippen LogP contribution is 2.19. The number of hydrogen-bond acceptors (Lipinski definition) is 2. The highest BCUT2D eigenvalue weighted by atomic mass is 14.8. The molecule has 0 bridgehead atoms. The van der Waals surface area contributed by atoms with Gasteiger partial charge < -0.3 is 0 Å². The molecule has 0 atom stereocenters. The molecule has 0 saturated carbocycles.